The molecule has 0 saturated heterocycles. The molecule has 1 heterocycles. The van der Waals surface area contributed by atoms with Gasteiger partial charge in [0.1, 0.15) is 12.7 Å². The maximum atomic E-state index is 14.2. The number of nitrogens with zero attached hydrogens (tertiary/aromatic N) is 3. The van der Waals surface area contributed by atoms with E-state index in [0.29, 0.717) is 36.0 Å². The lowest BCUT2D eigenvalue weighted by atomic mass is 9.91. The molecular formula is C23H24F4N4O3S. The highest BCUT2D eigenvalue weighted by atomic mass is 32.2. The summed E-state index contributed by atoms with van der Waals surface area (Å²) in [6.07, 6.45) is 1.72. The highest BCUT2D eigenvalue weighted by Crippen LogP contribution is 2.32. The lowest BCUT2D eigenvalue weighted by Gasteiger charge is -2.30. The van der Waals surface area contributed by atoms with Crippen LogP contribution in [0.1, 0.15) is 44.2 Å². The number of hydrogen-bond donors (Lipinski definition) is 1. The Hall–Kier alpha value is -2.99. The van der Waals surface area contributed by atoms with Crippen LogP contribution in [0.25, 0.3) is 11.1 Å². The van der Waals surface area contributed by atoms with Crippen molar-refractivity contribution in [3.63, 3.8) is 0 Å². The van der Waals surface area contributed by atoms with Gasteiger partial charge in [0.2, 0.25) is 10.0 Å². The van der Waals surface area contributed by atoms with Gasteiger partial charge in [0.25, 0.3) is 0 Å². The Morgan fingerprint density at radius 2 is 1.77 bits per heavy atom. The Kier molecular flexibility index (Phi) is 7.13. The van der Waals surface area contributed by atoms with Crippen LogP contribution in [0.15, 0.2) is 53.9 Å². The fourth-order valence-corrected chi connectivity index (χ4v) is 5.98. The van der Waals surface area contributed by atoms with Crippen molar-refractivity contribution in [1.29, 1.82) is 0 Å². The van der Waals surface area contributed by atoms with Gasteiger partial charge in [-0.1, -0.05) is 19.1 Å². The second-order valence-corrected chi connectivity index (χ2v) is 10.1. The molecule has 7 nitrogen and oxygen atoms in total. The van der Waals surface area contributed by atoms with E-state index in [2.05, 4.69) is 19.7 Å². The molecule has 1 aliphatic rings. The quantitative estimate of drug-likeness (QED) is 0.450. The summed E-state index contributed by atoms with van der Waals surface area (Å²) in [5, 5.41) is 7.64. The second kappa shape index (κ2) is 9.94. The zero-order valence-corrected chi connectivity index (χ0v) is 19.6. The molecule has 1 fully saturated rings. The highest BCUT2D eigenvalue weighted by molar-refractivity contribution is 7.89. The summed E-state index contributed by atoms with van der Waals surface area (Å²) in [6.45, 7) is 1.79. The van der Waals surface area contributed by atoms with Crippen LogP contribution >= 0.6 is 0 Å². The highest BCUT2D eigenvalue weighted by Gasteiger charge is 2.32. The molecule has 35 heavy (non-hydrogen) atoms. The van der Waals surface area contributed by atoms with E-state index in [1.165, 1.54) is 18.2 Å². The van der Waals surface area contributed by atoms with E-state index in [9.17, 15) is 26.0 Å². The first-order chi connectivity index (χ1) is 16.6. The zero-order valence-electron chi connectivity index (χ0n) is 18.8. The van der Waals surface area contributed by atoms with Gasteiger partial charge in [-0.2, -0.15) is 0 Å². The van der Waals surface area contributed by atoms with Crippen molar-refractivity contribution in [1.82, 2.24) is 19.5 Å². The molecule has 0 amide bonds. The predicted octanol–water partition coefficient (Wildman–Crippen LogP) is 5.01. The molecule has 1 aromatic heterocycles. The molecule has 2 atom stereocenters. The van der Waals surface area contributed by atoms with Gasteiger partial charge in [0, 0.05) is 12.1 Å². The number of sulfonamides is 1. The summed E-state index contributed by atoms with van der Waals surface area (Å²) in [6, 6.07) is 7.52. The molecule has 2 aromatic carbocycles. The summed E-state index contributed by atoms with van der Waals surface area (Å²) in [5.74, 6) is -2.10. The van der Waals surface area contributed by atoms with Gasteiger partial charge in [0.15, 0.2) is 11.6 Å². The van der Waals surface area contributed by atoms with E-state index < -0.39 is 28.0 Å². The van der Waals surface area contributed by atoms with Crippen molar-refractivity contribution < 1.29 is 30.7 Å². The lowest BCUT2D eigenvalue weighted by Crippen LogP contribution is -2.39. The SMILES string of the molecule is CCc1cc(-c2ccc(OC(F)(F)F)c(F)c2)ccc1S(=O)(=O)N[C@H]1CCC[C@@H](n2cnnc2)C1. The summed E-state index contributed by atoms with van der Waals surface area (Å²) in [4.78, 5) is 0.118. The fraction of sp³-hybridized carbons (Fsp3) is 0.391. The molecule has 0 bridgehead atoms. The fourth-order valence-electron chi connectivity index (χ4n) is 4.41. The minimum absolute atomic E-state index is 0.110. The first-order valence-corrected chi connectivity index (χ1v) is 12.6. The number of rotatable bonds is 7. The molecule has 0 aliphatic heterocycles. The summed E-state index contributed by atoms with van der Waals surface area (Å²) >= 11 is 0. The van der Waals surface area contributed by atoms with Crippen LogP contribution < -0.4 is 9.46 Å². The molecule has 3 aromatic rings. The van der Waals surface area contributed by atoms with Gasteiger partial charge in [-0.05, 0) is 73.1 Å². The molecule has 1 saturated carbocycles. The van der Waals surface area contributed by atoms with Crippen LogP contribution in [0, 0.1) is 5.82 Å². The molecule has 1 aliphatic carbocycles. The number of halogens is 4. The average Bonchev–Trinajstić information content (AvgIpc) is 3.34. The number of aryl methyl sites for hydroxylation is 1. The average molecular weight is 513 g/mol. The Balaban J connectivity index is 1.54. The van der Waals surface area contributed by atoms with Crippen molar-refractivity contribution in [3.8, 4) is 16.9 Å². The van der Waals surface area contributed by atoms with Gasteiger partial charge >= 0.3 is 6.36 Å². The topological polar surface area (TPSA) is 86.1 Å². The molecule has 12 heteroatoms. The van der Waals surface area contributed by atoms with E-state index in [1.54, 1.807) is 25.6 Å². The molecule has 0 spiro atoms. The van der Waals surface area contributed by atoms with Crippen LogP contribution in [0.4, 0.5) is 17.6 Å². The molecule has 0 radical (unpaired) electrons. The Bertz CT molecular complexity index is 1280. The van der Waals surface area contributed by atoms with Crippen molar-refractivity contribution in [3.05, 3.63) is 60.4 Å². The lowest BCUT2D eigenvalue weighted by molar-refractivity contribution is -0.275. The number of hydrogen-bond acceptors (Lipinski definition) is 5. The number of aromatic nitrogens is 3. The minimum Gasteiger partial charge on any atom is -0.403 e. The Labute approximate surface area is 200 Å². The van der Waals surface area contributed by atoms with Gasteiger partial charge < -0.3 is 9.30 Å². The van der Waals surface area contributed by atoms with Crippen molar-refractivity contribution in [2.24, 2.45) is 0 Å². The number of benzene rings is 2. The van der Waals surface area contributed by atoms with E-state index in [4.69, 9.17) is 0 Å². The number of nitrogens with one attached hydrogen (secondary N) is 1. The van der Waals surface area contributed by atoms with E-state index in [0.717, 1.165) is 25.0 Å². The van der Waals surface area contributed by atoms with Crippen LogP contribution in [-0.4, -0.2) is 35.6 Å². The third-order valence-electron chi connectivity index (χ3n) is 6.05. The van der Waals surface area contributed by atoms with Gasteiger partial charge in [-0.25, -0.2) is 17.5 Å². The zero-order chi connectivity index (χ0) is 25.2. The normalized spacial score (nSPS) is 19.0. The van der Waals surface area contributed by atoms with Crippen LogP contribution in [0.5, 0.6) is 5.75 Å². The van der Waals surface area contributed by atoms with Crippen LogP contribution in [0.2, 0.25) is 0 Å². The monoisotopic (exact) mass is 512 g/mol. The van der Waals surface area contributed by atoms with E-state index in [-0.39, 0.29) is 17.0 Å². The summed E-state index contributed by atoms with van der Waals surface area (Å²) in [7, 11) is -3.84. The molecular weight excluding hydrogens is 488 g/mol. The first-order valence-electron chi connectivity index (χ1n) is 11.1. The predicted molar refractivity (Wildman–Crippen MR) is 120 cm³/mol. The van der Waals surface area contributed by atoms with Crippen LogP contribution in [-0.2, 0) is 16.4 Å². The van der Waals surface area contributed by atoms with Gasteiger partial charge in [-0.3, -0.25) is 0 Å². The summed E-state index contributed by atoms with van der Waals surface area (Å²) < 4.78 is 86.2. The van der Waals surface area contributed by atoms with Crippen molar-refractivity contribution >= 4 is 10.0 Å². The smallest absolute Gasteiger partial charge is 0.403 e. The van der Waals surface area contributed by atoms with Gasteiger partial charge in [-0.15, -0.1) is 23.4 Å². The molecule has 0 unspecified atom stereocenters. The van der Waals surface area contributed by atoms with E-state index >= 15 is 0 Å². The molecule has 188 valence electrons. The third kappa shape index (κ3) is 5.99. The largest absolute Gasteiger partial charge is 0.573 e. The molecule has 1 N–H and O–H groups in total. The van der Waals surface area contributed by atoms with Crippen molar-refractivity contribution in [2.75, 3.05) is 0 Å². The summed E-state index contributed by atoms with van der Waals surface area (Å²) in [5.41, 5.74) is 1.29. The molecule has 4 rings (SSSR count). The Morgan fingerprint density at radius 1 is 1.09 bits per heavy atom. The van der Waals surface area contributed by atoms with E-state index in [1.807, 2.05) is 4.57 Å². The standard InChI is InChI=1S/C23H24F4N4O3S/c1-2-15-10-16(17-6-8-21(20(24)11-17)34-23(25,26)27)7-9-22(15)35(32,33)30-18-4-3-5-19(12-18)31-13-28-29-14-31/h6-11,13-14,18-19,30H,2-5,12H2,1H3/t18-,19+/m0/s1. The maximum Gasteiger partial charge on any atom is 0.573 e. The number of ether oxygens (including phenoxy) is 1. The first kappa shape index (κ1) is 25.1. The number of alkyl halides is 3. The minimum atomic E-state index is -5.01. The van der Waals surface area contributed by atoms with Crippen LogP contribution in [0.3, 0.4) is 0 Å². The maximum absolute atomic E-state index is 14.2. The second-order valence-electron chi connectivity index (χ2n) is 8.42. The Morgan fingerprint density at radius 3 is 2.43 bits per heavy atom. The van der Waals surface area contributed by atoms with Gasteiger partial charge in [0.05, 0.1) is 4.90 Å². The third-order valence-corrected chi connectivity index (χ3v) is 7.67. The van der Waals surface area contributed by atoms with Crippen molar-refractivity contribution in [2.45, 2.75) is 62.4 Å².